The second-order valence-corrected chi connectivity index (χ2v) is 9.28. The number of carbonyl (C=O) groups excluding carboxylic acids is 2. The van der Waals surface area contributed by atoms with Crippen molar-refractivity contribution in [2.24, 2.45) is 0 Å². The second-order valence-electron chi connectivity index (χ2n) is 9.28. The van der Waals surface area contributed by atoms with Crippen LogP contribution in [-0.4, -0.2) is 31.6 Å². The average Bonchev–Trinajstić information content (AvgIpc) is 3.36. The van der Waals surface area contributed by atoms with Crippen LogP contribution in [0.1, 0.15) is 38.6 Å². The number of nitrogens with one attached hydrogen (secondary N) is 2. The van der Waals surface area contributed by atoms with Gasteiger partial charge >= 0.3 is 5.91 Å². The predicted molar refractivity (Wildman–Crippen MR) is 147 cm³/mol. The Balaban J connectivity index is 1.36. The van der Waals surface area contributed by atoms with Crippen LogP contribution in [0.5, 0.6) is 11.5 Å². The van der Waals surface area contributed by atoms with Crippen LogP contribution in [0.4, 0.5) is 14.6 Å². The maximum absolute atomic E-state index is 15.1. The summed E-state index contributed by atoms with van der Waals surface area (Å²) < 4.78 is 36.3. The molecule has 4 aromatic rings. The highest BCUT2D eigenvalue weighted by atomic mass is 19.1. The van der Waals surface area contributed by atoms with Crippen molar-refractivity contribution in [2.45, 2.75) is 38.6 Å². The number of aromatic nitrogens is 4. The van der Waals surface area contributed by atoms with Gasteiger partial charge in [-0.3, -0.25) is 20.4 Å². The van der Waals surface area contributed by atoms with Crippen molar-refractivity contribution in [3.05, 3.63) is 72.1 Å². The van der Waals surface area contributed by atoms with Crippen LogP contribution in [0.25, 0.3) is 22.3 Å². The molecule has 208 valence electrons. The molecular weight excluding hydrogens is 532 g/mol. The number of anilines is 1. The fourth-order valence-corrected chi connectivity index (χ4v) is 4.68. The normalized spacial score (nSPS) is 14.6. The molecule has 2 aromatic heterocycles. The van der Waals surface area contributed by atoms with Gasteiger partial charge in [0.2, 0.25) is 0 Å². The van der Waals surface area contributed by atoms with Gasteiger partial charge in [-0.1, -0.05) is 23.6 Å². The zero-order valence-electron chi connectivity index (χ0n) is 21.9. The number of allylic oxidation sites excluding steroid dienone is 1. The largest absolute Gasteiger partial charge is 0.451 e. The van der Waals surface area contributed by atoms with E-state index in [9.17, 15) is 14.0 Å². The molecule has 41 heavy (non-hydrogen) atoms. The molecule has 1 aliphatic rings. The fourth-order valence-electron chi connectivity index (χ4n) is 4.68. The van der Waals surface area contributed by atoms with Crippen molar-refractivity contribution in [1.82, 2.24) is 30.6 Å². The number of ether oxygens (including phenoxy) is 1. The van der Waals surface area contributed by atoms with Crippen LogP contribution in [0.2, 0.25) is 0 Å². The van der Waals surface area contributed by atoms with Crippen molar-refractivity contribution in [3.8, 4) is 34.6 Å². The maximum atomic E-state index is 15.1. The number of para-hydroxylation sites is 1. The molecule has 1 saturated carbocycles. The zero-order valence-corrected chi connectivity index (χ0v) is 21.9. The SMILES string of the molecule is CC#CC(=O)NNC(=O)C=C1CCC(n2nc(-c3ccc(Oc4ccccc4F)c(F)c3)c3c(N)ncnc32)CC1. The molecule has 0 spiro atoms. The van der Waals surface area contributed by atoms with E-state index in [1.807, 2.05) is 0 Å². The van der Waals surface area contributed by atoms with E-state index < -0.39 is 23.4 Å². The Bertz CT molecular complexity index is 1730. The van der Waals surface area contributed by atoms with Crippen LogP contribution in [0, 0.1) is 23.5 Å². The van der Waals surface area contributed by atoms with Crippen molar-refractivity contribution in [1.29, 1.82) is 0 Å². The minimum absolute atomic E-state index is 0.0613. The Hall–Kier alpha value is -5.31. The molecule has 0 aliphatic heterocycles. The third-order valence-corrected chi connectivity index (χ3v) is 6.60. The van der Waals surface area contributed by atoms with E-state index in [4.69, 9.17) is 15.6 Å². The van der Waals surface area contributed by atoms with Gasteiger partial charge in [0.25, 0.3) is 5.91 Å². The maximum Gasteiger partial charge on any atom is 0.314 e. The van der Waals surface area contributed by atoms with Crippen molar-refractivity contribution in [3.63, 3.8) is 0 Å². The molecular formula is C29H25F2N7O3. The first-order valence-corrected chi connectivity index (χ1v) is 12.8. The van der Waals surface area contributed by atoms with Crippen molar-refractivity contribution in [2.75, 3.05) is 5.73 Å². The van der Waals surface area contributed by atoms with Crippen LogP contribution >= 0.6 is 0 Å². The highest BCUT2D eigenvalue weighted by Crippen LogP contribution is 2.38. The minimum atomic E-state index is -0.701. The number of carbonyl (C=O) groups is 2. The molecule has 1 aliphatic carbocycles. The first-order valence-electron chi connectivity index (χ1n) is 12.8. The number of hydrogen-bond donors (Lipinski definition) is 3. The molecule has 5 rings (SSSR count). The van der Waals surface area contributed by atoms with Gasteiger partial charge in [-0.05, 0) is 68.9 Å². The number of nitrogens with two attached hydrogens (primary N) is 1. The van der Waals surface area contributed by atoms with Crippen LogP contribution in [0.3, 0.4) is 0 Å². The number of rotatable bonds is 5. The standard InChI is InChI=1S/C29H25F2N7O3/c1-2-5-24(39)35-36-25(40)14-17-8-11-19(12-9-17)38-29-26(28(32)33-16-34-29)27(37-38)18-10-13-23(21(31)15-18)41-22-7-4-3-6-20(22)30/h3-4,6-7,10,13-16,19H,8-9,11-12H2,1H3,(H,35,39)(H,36,40)(H2,32,33,34). The van der Waals surface area contributed by atoms with Gasteiger partial charge < -0.3 is 10.5 Å². The first-order chi connectivity index (χ1) is 19.8. The van der Waals surface area contributed by atoms with Gasteiger partial charge in [0.15, 0.2) is 28.8 Å². The Morgan fingerprint density at radius 3 is 2.56 bits per heavy atom. The number of amides is 2. The van der Waals surface area contributed by atoms with Gasteiger partial charge in [-0.15, -0.1) is 0 Å². The number of halogens is 2. The predicted octanol–water partition coefficient (Wildman–Crippen LogP) is 4.36. The van der Waals surface area contributed by atoms with Crippen LogP contribution < -0.4 is 21.3 Å². The van der Waals surface area contributed by atoms with E-state index in [0.717, 1.165) is 5.57 Å². The number of fused-ring (bicyclic) bond motifs is 1. The molecule has 0 unspecified atom stereocenters. The molecule has 10 nitrogen and oxygen atoms in total. The molecule has 0 saturated heterocycles. The van der Waals surface area contributed by atoms with Crippen molar-refractivity contribution >= 4 is 28.7 Å². The number of hydrogen-bond acceptors (Lipinski definition) is 7. The van der Waals surface area contributed by atoms with Gasteiger partial charge in [-0.25, -0.2) is 23.4 Å². The Morgan fingerprint density at radius 1 is 1.07 bits per heavy atom. The van der Waals surface area contributed by atoms with E-state index >= 15 is 4.39 Å². The lowest BCUT2D eigenvalue weighted by atomic mass is 9.90. The summed E-state index contributed by atoms with van der Waals surface area (Å²) in [6.07, 6.45) is 5.38. The number of nitrogen functional groups attached to an aromatic ring is 1. The number of benzene rings is 2. The Labute approximate surface area is 233 Å². The van der Waals surface area contributed by atoms with E-state index in [1.165, 1.54) is 49.7 Å². The quantitative estimate of drug-likeness (QED) is 0.188. The molecule has 1 fully saturated rings. The van der Waals surface area contributed by atoms with E-state index in [1.54, 1.807) is 16.8 Å². The first kappa shape index (κ1) is 27.3. The highest BCUT2D eigenvalue weighted by Gasteiger charge is 2.26. The minimum Gasteiger partial charge on any atom is -0.451 e. The lowest BCUT2D eigenvalue weighted by Gasteiger charge is -2.24. The molecule has 4 N–H and O–H groups in total. The lowest BCUT2D eigenvalue weighted by molar-refractivity contribution is -0.123. The lowest BCUT2D eigenvalue weighted by Crippen LogP contribution is -2.40. The van der Waals surface area contributed by atoms with Gasteiger partial charge in [0, 0.05) is 11.6 Å². The highest BCUT2D eigenvalue weighted by molar-refractivity contribution is 5.98. The second kappa shape index (κ2) is 11.8. The number of hydrazine groups is 1. The molecule has 2 heterocycles. The van der Waals surface area contributed by atoms with E-state index in [0.29, 0.717) is 48.0 Å². The summed E-state index contributed by atoms with van der Waals surface area (Å²) in [6.45, 7) is 1.52. The molecule has 12 heteroatoms. The Morgan fingerprint density at radius 2 is 1.83 bits per heavy atom. The van der Waals surface area contributed by atoms with Gasteiger partial charge in [0.05, 0.1) is 11.4 Å². The third-order valence-electron chi connectivity index (χ3n) is 6.60. The average molecular weight is 558 g/mol. The summed E-state index contributed by atoms with van der Waals surface area (Å²) in [5.74, 6) is 2.34. The summed E-state index contributed by atoms with van der Waals surface area (Å²) in [5.41, 5.74) is 13.0. The van der Waals surface area contributed by atoms with Crippen LogP contribution in [-0.2, 0) is 9.59 Å². The van der Waals surface area contributed by atoms with Crippen molar-refractivity contribution < 1.29 is 23.1 Å². The molecule has 2 aromatic carbocycles. The summed E-state index contributed by atoms with van der Waals surface area (Å²) >= 11 is 0. The van der Waals surface area contributed by atoms with Gasteiger partial charge in [0.1, 0.15) is 17.8 Å². The molecule has 0 atom stereocenters. The topological polar surface area (TPSA) is 137 Å². The fraction of sp³-hybridized carbons (Fsp3) is 0.207. The summed E-state index contributed by atoms with van der Waals surface area (Å²) in [7, 11) is 0. The smallest absolute Gasteiger partial charge is 0.314 e. The monoisotopic (exact) mass is 557 g/mol. The number of nitrogens with zero attached hydrogens (tertiary/aromatic N) is 4. The van der Waals surface area contributed by atoms with E-state index in [-0.39, 0.29) is 23.4 Å². The van der Waals surface area contributed by atoms with Gasteiger partial charge in [-0.2, -0.15) is 5.10 Å². The molecule has 0 bridgehead atoms. The third kappa shape index (κ3) is 5.99. The molecule has 0 radical (unpaired) electrons. The van der Waals surface area contributed by atoms with E-state index in [2.05, 4.69) is 32.7 Å². The van der Waals surface area contributed by atoms with Crippen LogP contribution in [0.15, 0.2) is 60.4 Å². The summed E-state index contributed by atoms with van der Waals surface area (Å²) in [6, 6.07) is 9.95. The summed E-state index contributed by atoms with van der Waals surface area (Å²) in [4.78, 5) is 32.1. The molecule has 2 amide bonds. The zero-order chi connectivity index (χ0) is 28.9. The summed E-state index contributed by atoms with van der Waals surface area (Å²) in [5, 5.41) is 5.26. The Kier molecular flexibility index (Phi) is 7.87.